The molecule has 0 aromatic heterocycles. The maximum atomic E-state index is 10.7. The Kier molecular flexibility index (Phi) is 4.98. The highest BCUT2D eigenvalue weighted by atomic mass is 16.5. The largest absolute Gasteiger partial charge is 0.490 e. The van der Waals surface area contributed by atoms with E-state index in [0.717, 1.165) is 17.7 Å². The van der Waals surface area contributed by atoms with Gasteiger partial charge in [0.25, 0.3) is 0 Å². The molecule has 0 heterocycles. The Hall–Kier alpha value is -1.51. The van der Waals surface area contributed by atoms with Gasteiger partial charge in [-0.1, -0.05) is 39.8 Å². The Morgan fingerprint density at radius 3 is 2.47 bits per heavy atom. The molecule has 0 aliphatic heterocycles. The number of carbonyl (C=O) groups is 1. The van der Waals surface area contributed by atoms with Gasteiger partial charge in [0.1, 0.15) is 11.9 Å². The first-order valence-corrected chi connectivity index (χ1v) is 6.76. The van der Waals surface area contributed by atoms with Crippen molar-refractivity contribution in [2.45, 2.75) is 59.0 Å². The van der Waals surface area contributed by atoms with Crippen molar-refractivity contribution in [2.75, 3.05) is 0 Å². The van der Waals surface area contributed by atoms with Crippen molar-refractivity contribution >= 4 is 5.97 Å². The number of rotatable bonds is 5. The third-order valence-corrected chi connectivity index (χ3v) is 3.05. The molecule has 0 radical (unpaired) electrons. The fourth-order valence-electron chi connectivity index (χ4n) is 1.99. The molecular weight excluding hydrogens is 240 g/mol. The van der Waals surface area contributed by atoms with Crippen LogP contribution in [0.5, 0.6) is 5.75 Å². The van der Waals surface area contributed by atoms with Crippen molar-refractivity contribution in [3.05, 3.63) is 29.3 Å². The van der Waals surface area contributed by atoms with Crippen molar-refractivity contribution in [2.24, 2.45) is 0 Å². The van der Waals surface area contributed by atoms with Crippen molar-refractivity contribution in [3.8, 4) is 5.75 Å². The van der Waals surface area contributed by atoms with Gasteiger partial charge in [0.05, 0.1) is 6.42 Å². The van der Waals surface area contributed by atoms with Gasteiger partial charge in [-0.05, 0) is 36.0 Å². The van der Waals surface area contributed by atoms with Gasteiger partial charge < -0.3 is 9.84 Å². The highest BCUT2D eigenvalue weighted by Crippen LogP contribution is 2.33. The fraction of sp³-hybridized carbons (Fsp3) is 0.562. The average molecular weight is 264 g/mol. The maximum Gasteiger partial charge on any atom is 0.307 e. The van der Waals surface area contributed by atoms with Crippen LogP contribution in [0.15, 0.2) is 18.2 Å². The monoisotopic (exact) mass is 264 g/mol. The van der Waals surface area contributed by atoms with E-state index in [2.05, 4.69) is 33.8 Å². The fourth-order valence-corrected chi connectivity index (χ4v) is 1.99. The summed E-state index contributed by atoms with van der Waals surface area (Å²) in [5.74, 6) is -0.0477. The van der Waals surface area contributed by atoms with Crippen LogP contribution < -0.4 is 4.74 Å². The molecule has 0 aliphatic rings. The molecule has 0 aliphatic carbocycles. The zero-order chi connectivity index (χ0) is 14.6. The summed E-state index contributed by atoms with van der Waals surface area (Å²) in [7, 11) is 0. The van der Waals surface area contributed by atoms with E-state index in [4.69, 9.17) is 9.84 Å². The predicted octanol–water partition coefficient (Wildman–Crippen LogP) is 3.79. The molecule has 0 unspecified atom stereocenters. The lowest BCUT2D eigenvalue weighted by Crippen LogP contribution is -2.20. The van der Waals surface area contributed by atoms with E-state index in [-0.39, 0.29) is 17.9 Å². The first kappa shape index (κ1) is 15.5. The molecular formula is C16H24O3. The summed E-state index contributed by atoms with van der Waals surface area (Å²) in [6.07, 6.45) is 0.665. The molecule has 1 aromatic rings. The summed E-state index contributed by atoms with van der Waals surface area (Å²) in [5, 5.41) is 8.79. The van der Waals surface area contributed by atoms with Crippen LogP contribution >= 0.6 is 0 Å². The number of benzene rings is 1. The Morgan fingerprint density at radius 2 is 2.00 bits per heavy atom. The summed E-state index contributed by atoms with van der Waals surface area (Å²) in [4.78, 5) is 10.7. The number of ether oxygens (including phenoxy) is 1. The van der Waals surface area contributed by atoms with Gasteiger partial charge in [0, 0.05) is 0 Å². The lowest BCUT2D eigenvalue weighted by atomic mass is 9.85. The summed E-state index contributed by atoms with van der Waals surface area (Å²) in [5.41, 5.74) is 2.37. The van der Waals surface area contributed by atoms with Gasteiger partial charge in [0.2, 0.25) is 0 Å². The third-order valence-electron chi connectivity index (χ3n) is 3.05. The molecule has 106 valence electrons. The molecule has 1 atom stereocenters. The Bertz CT molecular complexity index is 444. The lowest BCUT2D eigenvalue weighted by Gasteiger charge is -2.25. The van der Waals surface area contributed by atoms with Gasteiger partial charge in [-0.2, -0.15) is 0 Å². The summed E-state index contributed by atoms with van der Waals surface area (Å²) in [6, 6.07) is 6.15. The molecule has 19 heavy (non-hydrogen) atoms. The number of hydrogen-bond acceptors (Lipinski definition) is 2. The zero-order valence-corrected chi connectivity index (χ0v) is 12.5. The molecule has 0 fully saturated rings. The number of aliphatic carboxylic acids is 1. The smallest absolute Gasteiger partial charge is 0.307 e. The molecule has 1 aromatic carbocycles. The van der Waals surface area contributed by atoms with Crippen LogP contribution in [0.1, 0.15) is 52.2 Å². The van der Waals surface area contributed by atoms with Gasteiger partial charge in [-0.3, -0.25) is 4.79 Å². The minimum atomic E-state index is -0.838. The van der Waals surface area contributed by atoms with E-state index in [0.29, 0.717) is 0 Å². The van der Waals surface area contributed by atoms with Crippen LogP contribution in [-0.2, 0) is 16.6 Å². The second kappa shape index (κ2) is 6.09. The van der Waals surface area contributed by atoms with Gasteiger partial charge in [-0.25, -0.2) is 0 Å². The molecule has 0 bridgehead atoms. The molecule has 0 spiro atoms. The molecule has 0 saturated carbocycles. The highest BCUT2D eigenvalue weighted by Gasteiger charge is 2.21. The maximum absolute atomic E-state index is 10.7. The van der Waals surface area contributed by atoms with Crippen LogP contribution in [0.2, 0.25) is 0 Å². The summed E-state index contributed by atoms with van der Waals surface area (Å²) < 4.78 is 5.80. The van der Waals surface area contributed by atoms with Crippen LogP contribution in [0, 0.1) is 0 Å². The van der Waals surface area contributed by atoms with Crippen molar-refractivity contribution < 1.29 is 14.6 Å². The minimum absolute atomic E-state index is 0.0130. The van der Waals surface area contributed by atoms with E-state index in [1.54, 1.807) is 6.92 Å². The topological polar surface area (TPSA) is 46.5 Å². The number of hydrogen-bond donors (Lipinski definition) is 1. The number of carboxylic acids is 1. The predicted molar refractivity (Wildman–Crippen MR) is 76.9 cm³/mol. The minimum Gasteiger partial charge on any atom is -0.490 e. The first-order chi connectivity index (χ1) is 8.74. The summed E-state index contributed by atoms with van der Waals surface area (Å²) in [6.45, 7) is 10.3. The van der Waals surface area contributed by atoms with Crippen molar-refractivity contribution in [3.63, 3.8) is 0 Å². The third kappa shape index (κ3) is 4.58. The number of carboxylic acid groups (broad SMARTS) is 1. The van der Waals surface area contributed by atoms with Crippen molar-refractivity contribution in [1.29, 1.82) is 0 Å². The normalized spacial score (nSPS) is 13.1. The van der Waals surface area contributed by atoms with Crippen LogP contribution in [0.4, 0.5) is 0 Å². The zero-order valence-electron chi connectivity index (χ0n) is 12.5. The van der Waals surface area contributed by atoms with E-state index in [1.165, 1.54) is 5.56 Å². The Morgan fingerprint density at radius 1 is 1.37 bits per heavy atom. The molecule has 0 saturated heterocycles. The summed E-state index contributed by atoms with van der Waals surface area (Å²) >= 11 is 0. The molecule has 1 rings (SSSR count). The second-order valence-electron chi connectivity index (χ2n) is 5.96. The molecule has 3 nitrogen and oxygen atoms in total. The van der Waals surface area contributed by atoms with E-state index >= 15 is 0 Å². The highest BCUT2D eigenvalue weighted by molar-refractivity contribution is 5.67. The SMILES string of the molecule is CCc1ccc(O[C@H](C)CC(=O)O)c(C(C)(C)C)c1. The number of aryl methyl sites for hydroxylation is 1. The Labute approximate surface area is 115 Å². The standard InChI is InChI=1S/C16H24O3/c1-6-12-7-8-14(13(10-12)16(3,4)5)19-11(2)9-15(17)18/h7-8,10-11H,6,9H2,1-5H3,(H,17,18)/t11-/m1/s1. The van der Waals surface area contributed by atoms with Crippen LogP contribution in [-0.4, -0.2) is 17.2 Å². The second-order valence-corrected chi connectivity index (χ2v) is 5.96. The quantitative estimate of drug-likeness (QED) is 0.880. The van der Waals surface area contributed by atoms with Gasteiger partial charge in [-0.15, -0.1) is 0 Å². The Balaban J connectivity index is 3.03. The first-order valence-electron chi connectivity index (χ1n) is 6.76. The molecule has 3 heteroatoms. The van der Waals surface area contributed by atoms with Crippen molar-refractivity contribution in [1.82, 2.24) is 0 Å². The molecule has 1 N–H and O–H groups in total. The average Bonchev–Trinajstić information content (AvgIpc) is 2.26. The van der Waals surface area contributed by atoms with Gasteiger partial charge >= 0.3 is 5.97 Å². The van der Waals surface area contributed by atoms with E-state index in [9.17, 15) is 4.79 Å². The van der Waals surface area contributed by atoms with Crippen LogP contribution in [0.3, 0.4) is 0 Å². The van der Waals surface area contributed by atoms with E-state index < -0.39 is 5.97 Å². The van der Waals surface area contributed by atoms with Crippen LogP contribution in [0.25, 0.3) is 0 Å². The molecule has 0 amide bonds. The van der Waals surface area contributed by atoms with Gasteiger partial charge in [0.15, 0.2) is 0 Å². The van der Waals surface area contributed by atoms with E-state index in [1.807, 2.05) is 12.1 Å². The lowest BCUT2D eigenvalue weighted by molar-refractivity contribution is -0.138.